The van der Waals surface area contributed by atoms with Gasteiger partial charge in [0, 0.05) is 43.7 Å². The fraction of sp³-hybridized carbons (Fsp3) is 0.200. The number of rotatable bonds is 7. The molecule has 0 atom stereocenters. The summed E-state index contributed by atoms with van der Waals surface area (Å²) in [4.78, 5) is 32.7. The minimum atomic E-state index is -1.05. The number of amides is 1. The van der Waals surface area contributed by atoms with E-state index in [0.717, 1.165) is 22.6 Å². The molecule has 1 amide bonds. The highest BCUT2D eigenvalue weighted by Gasteiger charge is 2.13. The highest BCUT2D eigenvalue weighted by Crippen LogP contribution is 2.28. The van der Waals surface area contributed by atoms with E-state index in [-0.39, 0.29) is 18.1 Å². The van der Waals surface area contributed by atoms with Gasteiger partial charge in [0.25, 0.3) is 5.91 Å². The number of aryl methyl sites for hydroxylation is 1. The maximum atomic E-state index is 12.7. The van der Waals surface area contributed by atoms with Crippen LogP contribution in [0.2, 0.25) is 0 Å². The maximum Gasteiger partial charge on any atom is 0.352 e. The predicted molar refractivity (Wildman–Crippen MR) is 127 cm³/mol. The number of aromatic carboxylic acids is 1. The number of ether oxygens (including phenoxy) is 1. The van der Waals surface area contributed by atoms with E-state index in [0.29, 0.717) is 23.1 Å². The van der Waals surface area contributed by atoms with Crippen molar-refractivity contribution in [2.75, 3.05) is 20.7 Å². The van der Waals surface area contributed by atoms with Crippen molar-refractivity contribution in [3.8, 4) is 17.0 Å². The molecular weight excluding hydrogens is 434 g/mol. The molecule has 9 nitrogen and oxygen atoms in total. The van der Waals surface area contributed by atoms with Gasteiger partial charge in [0.15, 0.2) is 0 Å². The highest BCUT2D eigenvalue weighted by atomic mass is 16.5. The second-order valence-corrected chi connectivity index (χ2v) is 7.72. The summed E-state index contributed by atoms with van der Waals surface area (Å²) in [5, 5.41) is 12.9. The molecule has 3 heterocycles. The van der Waals surface area contributed by atoms with Gasteiger partial charge in [-0.15, -0.1) is 0 Å². The van der Waals surface area contributed by atoms with Gasteiger partial charge in [0.05, 0.1) is 24.4 Å². The van der Waals surface area contributed by atoms with E-state index in [1.165, 1.54) is 6.07 Å². The Kier molecular flexibility index (Phi) is 6.44. The van der Waals surface area contributed by atoms with Crippen LogP contribution in [0.1, 0.15) is 26.4 Å². The lowest BCUT2D eigenvalue weighted by molar-refractivity contribution is 0.0684. The van der Waals surface area contributed by atoms with Gasteiger partial charge < -0.3 is 19.7 Å². The summed E-state index contributed by atoms with van der Waals surface area (Å²) in [7, 11) is 3.23. The normalized spacial score (nSPS) is 11.6. The van der Waals surface area contributed by atoms with Crippen LogP contribution in [-0.2, 0) is 6.54 Å². The number of fused-ring (bicyclic) bond motifs is 1. The molecule has 0 unspecified atom stereocenters. The summed E-state index contributed by atoms with van der Waals surface area (Å²) in [6, 6.07) is 12.5. The molecule has 4 rings (SSSR count). The molecule has 0 aliphatic carbocycles. The maximum absolute atomic E-state index is 12.7. The van der Waals surface area contributed by atoms with E-state index >= 15 is 0 Å². The molecule has 0 radical (unpaired) electrons. The monoisotopic (exact) mass is 459 g/mol. The minimum Gasteiger partial charge on any atom is -0.497 e. The SMILES string of the molecule is CN=c1ccn(CCNC(=O)c2ccn3c(-c4cc(OC)ccc4C)cnc3c2)c(C(=O)O)c1. The molecule has 2 N–H and O–H groups in total. The van der Waals surface area contributed by atoms with Gasteiger partial charge >= 0.3 is 5.97 Å². The standard InChI is InChI=1S/C25H25N5O4/c1-16-4-5-19(34-3)14-20(16)22-15-28-23-12-17(6-10-30(22)23)24(31)27-8-11-29-9-7-18(26-2)13-21(29)25(32)33/h4-7,9-10,12-15H,8,11H2,1-3H3,(H,27,31)(H,32,33). The second kappa shape index (κ2) is 9.62. The van der Waals surface area contributed by atoms with Crippen LogP contribution < -0.4 is 15.4 Å². The van der Waals surface area contributed by atoms with Crippen LogP contribution in [0.5, 0.6) is 5.75 Å². The van der Waals surface area contributed by atoms with E-state index in [9.17, 15) is 14.7 Å². The summed E-state index contributed by atoms with van der Waals surface area (Å²) in [5.74, 6) is -0.555. The Morgan fingerprint density at radius 2 is 1.97 bits per heavy atom. The number of hydrogen-bond acceptors (Lipinski definition) is 5. The van der Waals surface area contributed by atoms with E-state index < -0.39 is 5.97 Å². The third-order valence-electron chi connectivity index (χ3n) is 5.63. The average molecular weight is 460 g/mol. The van der Waals surface area contributed by atoms with Gasteiger partial charge in [0.1, 0.15) is 17.1 Å². The van der Waals surface area contributed by atoms with Crippen molar-refractivity contribution in [3.63, 3.8) is 0 Å². The number of carbonyl (C=O) groups is 2. The van der Waals surface area contributed by atoms with E-state index in [1.54, 1.807) is 49.3 Å². The zero-order chi connectivity index (χ0) is 24.2. The Balaban J connectivity index is 1.50. The van der Waals surface area contributed by atoms with Crippen molar-refractivity contribution < 1.29 is 19.4 Å². The van der Waals surface area contributed by atoms with Crippen LogP contribution in [0.25, 0.3) is 16.9 Å². The Hall–Kier alpha value is -4.40. The number of imidazole rings is 1. The molecule has 174 valence electrons. The number of aromatic nitrogens is 3. The fourth-order valence-electron chi connectivity index (χ4n) is 3.75. The summed E-state index contributed by atoms with van der Waals surface area (Å²) in [6.45, 7) is 2.59. The molecule has 0 saturated heterocycles. The number of carboxylic acids is 1. The van der Waals surface area contributed by atoms with Gasteiger partial charge in [-0.05, 0) is 48.9 Å². The van der Waals surface area contributed by atoms with Crippen LogP contribution in [-0.4, -0.2) is 51.6 Å². The molecular formula is C25H25N5O4. The van der Waals surface area contributed by atoms with Crippen LogP contribution in [0, 0.1) is 6.92 Å². The van der Waals surface area contributed by atoms with Gasteiger partial charge in [-0.2, -0.15) is 0 Å². The number of carbonyl (C=O) groups excluding carboxylic acids is 1. The average Bonchev–Trinajstić information content (AvgIpc) is 3.27. The number of pyridine rings is 2. The van der Waals surface area contributed by atoms with Gasteiger partial charge in [-0.3, -0.25) is 14.2 Å². The van der Waals surface area contributed by atoms with Crippen molar-refractivity contribution >= 4 is 17.5 Å². The third-order valence-corrected chi connectivity index (χ3v) is 5.63. The molecule has 0 aliphatic rings. The Labute approximate surface area is 196 Å². The second-order valence-electron chi connectivity index (χ2n) is 7.72. The smallest absolute Gasteiger partial charge is 0.352 e. The van der Waals surface area contributed by atoms with Crippen LogP contribution in [0.15, 0.2) is 66.0 Å². The quantitative estimate of drug-likeness (QED) is 0.442. The molecule has 0 spiro atoms. The Morgan fingerprint density at radius 1 is 1.15 bits per heavy atom. The number of carboxylic acid groups (broad SMARTS) is 1. The largest absolute Gasteiger partial charge is 0.497 e. The first-order valence-corrected chi connectivity index (χ1v) is 10.7. The molecule has 0 saturated carbocycles. The lowest BCUT2D eigenvalue weighted by atomic mass is 10.1. The summed E-state index contributed by atoms with van der Waals surface area (Å²) in [6.07, 6.45) is 5.24. The number of methoxy groups -OCH3 is 1. The van der Waals surface area contributed by atoms with E-state index in [4.69, 9.17) is 4.74 Å². The molecule has 9 heteroatoms. The first-order chi connectivity index (χ1) is 16.4. The molecule has 3 aromatic heterocycles. The molecule has 0 bridgehead atoms. The minimum absolute atomic E-state index is 0.108. The number of nitrogens with zero attached hydrogens (tertiary/aromatic N) is 4. The number of hydrogen-bond donors (Lipinski definition) is 2. The zero-order valence-electron chi connectivity index (χ0n) is 19.1. The lowest BCUT2D eigenvalue weighted by Gasteiger charge is -2.12. The number of nitrogens with one attached hydrogen (secondary N) is 1. The summed E-state index contributed by atoms with van der Waals surface area (Å²) in [5.41, 5.74) is 4.21. The van der Waals surface area contributed by atoms with Gasteiger partial charge in [-0.25, -0.2) is 9.78 Å². The molecule has 34 heavy (non-hydrogen) atoms. The van der Waals surface area contributed by atoms with Crippen LogP contribution >= 0.6 is 0 Å². The van der Waals surface area contributed by atoms with Crippen molar-refractivity contribution in [2.24, 2.45) is 4.99 Å². The van der Waals surface area contributed by atoms with E-state index in [1.807, 2.05) is 35.7 Å². The van der Waals surface area contributed by atoms with Crippen LogP contribution in [0.4, 0.5) is 0 Å². The topological polar surface area (TPSA) is 110 Å². The molecule has 4 aromatic rings. The summed E-state index contributed by atoms with van der Waals surface area (Å²) < 4.78 is 8.84. The highest BCUT2D eigenvalue weighted by molar-refractivity contribution is 5.95. The van der Waals surface area contributed by atoms with Gasteiger partial charge in [-0.1, -0.05) is 6.07 Å². The molecule has 1 aromatic carbocycles. The fourth-order valence-corrected chi connectivity index (χ4v) is 3.75. The molecule has 0 aliphatic heterocycles. The van der Waals surface area contributed by atoms with Crippen molar-refractivity contribution in [1.29, 1.82) is 0 Å². The van der Waals surface area contributed by atoms with Gasteiger partial charge in [0.2, 0.25) is 0 Å². The van der Waals surface area contributed by atoms with Crippen molar-refractivity contribution in [3.05, 3.63) is 83.2 Å². The molecule has 0 fully saturated rings. The van der Waals surface area contributed by atoms with E-state index in [2.05, 4.69) is 15.3 Å². The Morgan fingerprint density at radius 3 is 2.71 bits per heavy atom. The van der Waals surface area contributed by atoms with Crippen molar-refractivity contribution in [1.82, 2.24) is 19.3 Å². The zero-order valence-corrected chi connectivity index (χ0v) is 19.1. The first-order valence-electron chi connectivity index (χ1n) is 10.7. The lowest BCUT2D eigenvalue weighted by Crippen LogP contribution is -2.29. The third kappa shape index (κ3) is 4.54. The van der Waals surface area contributed by atoms with Crippen molar-refractivity contribution in [2.45, 2.75) is 13.5 Å². The van der Waals surface area contributed by atoms with Crippen LogP contribution in [0.3, 0.4) is 0 Å². The first kappa shape index (κ1) is 22.8. The summed E-state index contributed by atoms with van der Waals surface area (Å²) >= 11 is 0. The predicted octanol–water partition coefficient (Wildman–Crippen LogP) is 2.78. The Bertz CT molecular complexity index is 1450. The number of benzene rings is 1.